The van der Waals surface area contributed by atoms with Crippen LogP contribution in [0.5, 0.6) is 0 Å². The van der Waals surface area contributed by atoms with E-state index in [9.17, 15) is 18.3 Å². The summed E-state index contributed by atoms with van der Waals surface area (Å²) in [6.45, 7) is 3.86. The number of nitrogens with zero attached hydrogens (tertiary/aromatic N) is 1. The van der Waals surface area contributed by atoms with Crippen molar-refractivity contribution in [1.29, 1.82) is 0 Å². The number of fused-ring (bicyclic) bond motifs is 1. The van der Waals surface area contributed by atoms with Gasteiger partial charge in [0.25, 0.3) is 0 Å². The van der Waals surface area contributed by atoms with Crippen LogP contribution in [-0.2, 0) is 22.9 Å². The molecular formula is C19H20N2O5S. The van der Waals surface area contributed by atoms with Gasteiger partial charge in [-0.15, -0.1) is 0 Å². The Labute approximate surface area is 157 Å². The topological polar surface area (TPSA) is 110 Å². The Bertz CT molecular complexity index is 1100. The minimum atomic E-state index is -3.83. The van der Waals surface area contributed by atoms with Crippen molar-refractivity contribution in [3.63, 3.8) is 0 Å². The van der Waals surface area contributed by atoms with Crippen molar-refractivity contribution in [2.45, 2.75) is 31.6 Å². The second kappa shape index (κ2) is 7.50. The molecule has 3 rings (SSSR count). The molecule has 0 bridgehead atoms. The van der Waals surface area contributed by atoms with E-state index in [0.717, 1.165) is 11.1 Å². The Morgan fingerprint density at radius 1 is 1.22 bits per heavy atom. The first-order chi connectivity index (χ1) is 12.8. The molecule has 0 atom stereocenters. The molecule has 0 aliphatic carbocycles. The van der Waals surface area contributed by atoms with Crippen molar-refractivity contribution in [3.8, 4) is 0 Å². The smallest absolute Gasteiger partial charge is 0.336 e. The van der Waals surface area contributed by atoms with Crippen molar-refractivity contribution in [1.82, 2.24) is 9.71 Å². The van der Waals surface area contributed by atoms with Crippen LogP contribution in [0, 0.1) is 6.92 Å². The number of rotatable bonds is 7. The summed E-state index contributed by atoms with van der Waals surface area (Å²) < 4.78 is 33.0. The van der Waals surface area contributed by atoms with Gasteiger partial charge in [-0.2, -0.15) is 0 Å². The molecule has 2 aromatic carbocycles. The van der Waals surface area contributed by atoms with Crippen LogP contribution < -0.4 is 4.72 Å². The molecule has 0 saturated heterocycles. The van der Waals surface area contributed by atoms with Gasteiger partial charge < -0.3 is 9.52 Å². The summed E-state index contributed by atoms with van der Waals surface area (Å²) in [5.41, 5.74) is 3.03. The van der Waals surface area contributed by atoms with Crippen molar-refractivity contribution >= 4 is 27.1 Å². The molecular weight excluding hydrogens is 368 g/mol. The number of carboxylic acids is 1. The van der Waals surface area contributed by atoms with Crippen LogP contribution in [0.25, 0.3) is 11.1 Å². The second-order valence-electron chi connectivity index (χ2n) is 6.20. The normalized spacial score (nSPS) is 11.8. The van der Waals surface area contributed by atoms with Gasteiger partial charge in [-0.3, -0.25) is 0 Å². The van der Waals surface area contributed by atoms with Gasteiger partial charge in [0.05, 0.1) is 10.5 Å². The first-order valence-corrected chi connectivity index (χ1v) is 10.0. The predicted octanol–water partition coefficient (Wildman–Crippen LogP) is 2.92. The average Bonchev–Trinajstić information content (AvgIpc) is 3.02. The average molecular weight is 388 g/mol. The number of hydrogen-bond donors (Lipinski definition) is 2. The van der Waals surface area contributed by atoms with Gasteiger partial charge in [-0.05, 0) is 48.7 Å². The Hall–Kier alpha value is -2.71. The minimum absolute atomic E-state index is 0.00491. The van der Waals surface area contributed by atoms with Crippen LogP contribution >= 0.6 is 0 Å². The van der Waals surface area contributed by atoms with Gasteiger partial charge in [-0.1, -0.05) is 19.1 Å². The summed E-state index contributed by atoms with van der Waals surface area (Å²) in [6.07, 6.45) is 0.790. The molecule has 142 valence electrons. The van der Waals surface area contributed by atoms with Crippen LogP contribution in [0.15, 0.2) is 45.7 Å². The predicted molar refractivity (Wildman–Crippen MR) is 100 cm³/mol. The molecule has 0 fully saturated rings. The maximum Gasteiger partial charge on any atom is 0.336 e. The number of oxazole rings is 1. The lowest BCUT2D eigenvalue weighted by Gasteiger charge is -2.09. The van der Waals surface area contributed by atoms with Crippen LogP contribution in [-0.4, -0.2) is 31.0 Å². The zero-order valence-electron chi connectivity index (χ0n) is 15.0. The molecule has 0 saturated carbocycles. The summed E-state index contributed by atoms with van der Waals surface area (Å²) >= 11 is 0. The number of carboxylic acid groups (broad SMARTS) is 1. The second-order valence-corrected chi connectivity index (χ2v) is 7.97. The molecule has 8 heteroatoms. The Balaban J connectivity index is 1.72. The number of hydrogen-bond acceptors (Lipinski definition) is 5. The van der Waals surface area contributed by atoms with Gasteiger partial charge in [0.15, 0.2) is 11.5 Å². The lowest BCUT2D eigenvalue weighted by atomic mass is 10.1. The number of carbonyl (C=O) groups is 1. The third-order valence-electron chi connectivity index (χ3n) is 4.22. The Kier molecular flexibility index (Phi) is 5.29. The highest BCUT2D eigenvalue weighted by Gasteiger charge is 2.18. The van der Waals surface area contributed by atoms with E-state index in [1.54, 1.807) is 0 Å². The van der Waals surface area contributed by atoms with E-state index in [4.69, 9.17) is 4.42 Å². The highest BCUT2D eigenvalue weighted by molar-refractivity contribution is 7.89. The molecule has 7 nitrogen and oxygen atoms in total. The van der Waals surface area contributed by atoms with Crippen molar-refractivity contribution in [3.05, 3.63) is 59.0 Å². The monoisotopic (exact) mass is 388 g/mol. The third-order valence-corrected chi connectivity index (χ3v) is 5.68. The van der Waals surface area contributed by atoms with Crippen LogP contribution in [0.1, 0.15) is 34.3 Å². The SMILES string of the molecule is CCc1ccc(S(=O)(=O)NCCc2nc3cc(C)ccc3o2)cc1C(=O)O. The molecule has 0 aliphatic rings. The van der Waals surface area contributed by atoms with E-state index in [-0.39, 0.29) is 23.4 Å². The fourth-order valence-electron chi connectivity index (χ4n) is 2.80. The van der Waals surface area contributed by atoms with E-state index in [2.05, 4.69) is 9.71 Å². The van der Waals surface area contributed by atoms with E-state index < -0.39 is 16.0 Å². The molecule has 0 radical (unpaired) electrons. The largest absolute Gasteiger partial charge is 0.478 e. The summed E-state index contributed by atoms with van der Waals surface area (Å²) in [6, 6.07) is 9.77. The number of aromatic carboxylic acids is 1. The first kappa shape index (κ1) is 19.1. The van der Waals surface area contributed by atoms with Gasteiger partial charge in [0, 0.05) is 13.0 Å². The first-order valence-electron chi connectivity index (χ1n) is 8.52. The number of sulfonamides is 1. The highest BCUT2D eigenvalue weighted by atomic mass is 32.2. The van der Waals surface area contributed by atoms with Crippen LogP contribution in [0.3, 0.4) is 0 Å². The summed E-state index contributed by atoms with van der Waals surface area (Å²) in [4.78, 5) is 15.6. The van der Waals surface area contributed by atoms with E-state index in [1.807, 2.05) is 32.0 Å². The quantitative estimate of drug-likeness (QED) is 0.644. The molecule has 1 aromatic heterocycles. The molecule has 1 heterocycles. The third kappa shape index (κ3) is 4.17. The number of aryl methyl sites for hydroxylation is 2. The van der Waals surface area contributed by atoms with Gasteiger partial charge in [0.1, 0.15) is 5.52 Å². The highest BCUT2D eigenvalue weighted by Crippen LogP contribution is 2.18. The number of nitrogens with one attached hydrogen (secondary N) is 1. The van der Waals surface area contributed by atoms with Gasteiger partial charge in [0.2, 0.25) is 10.0 Å². The maximum absolute atomic E-state index is 12.5. The molecule has 0 aliphatic heterocycles. The molecule has 2 N–H and O–H groups in total. The summed E-state index contributed by atoms with van der Waals surface area (Å²) in [5.74, 6) is -0.712. The summed E-state index contributed by atoms with van der Waals surface area (Å²) in [5, 5.41) is 9.26. The van der Waals surface area contributed by atoms with E-state index >= 15 is 0 Å². The lowest BCUT2D eigenvalue weighted by Crippen LogP contribution is -2.26. The van der Waals surface area contributed by atoms with E-state index in [0.29, 0.717) is 23.5 Å². The minimum Gasteiger partial charge on any atom is -0.478 e. The molecule has 0 spiro atoms. The fourth-order valence-corrected chi connectivity index (χ4v) is 3.86. The van der Waals surface area contributed by atoms with Crippen molar-refractivity contribution < 1.29 is 22.7 Å². The molecule has 3 aromatic rings. The molecule has 0 amide bonds. The van der Waals surface area contributed by atoms with E-state index in [1.165, 1.54) is 18.2 Å². The maximum atomic E-state index is 12.5. The fraction of sp³-hybridized carbons (Fsp3) is 0.263. The summed E-state index contributed by atoms with van der Waals surface area (Å²) in [7, 11) is -3.83. The van der Waals surface area contributed by atoms with Gasteiger partial charge in [-0.25, -0.2) is 22.9 Å². The zero-order chi connectivity index (χ0) is 19.6. The lowest BCUT2D eigenvalue weighted by molar-refractivity contribution is 0.0695. The van der Waals surface area contributed by atoms with Crippen molar-refractivity contribution in [2.24, 2.45) is 0 Å². The molecule has 0 unspecified atom stereocenters. The van der Waals surface area contributed by atoms with Crippen molar-refractivity contribution in [2.75, 3.05) is 6.54 Å². The van der Waals surface area contributed by atoms with Crippen LogP contribution in [0.2, 0.25) is 0 Å². The molecule has 27 heavy (non-hydrogen) atoms. The Morgan fingerprint density at radius 2 is 2.00 bits per heavy atom. The Morgan fingerprint density at radius 3 is 2.70 bits per heavy atom. The number of aromatic nitrogens is 1. The van der Waals surface area contributed by atoms with Crippen LogP contribution in [0.4, 0.5) is 0 Å². The zero-order valence-corrected chi connectivity index (χ0v) is 15.8. The number of benzene rings is 2. The van der Waals surface area contributed by atoms with Gasteiger partial charge >= 0.3 is 5.97 Å². The standard InChI is InChI=1S/C19H20N2O5S/c1-3-13-5-6-14(11-15(13)19(22)23)27(24,25)20-9-8-18-21-16-10-12(2)4-7-17(16)26-18/h4-7,10-11,20H,3,8-9H2,1-2H3,(H,22,23).